The van der Waals surface area contributed by atoms with E-state index >= 15 is 0 Å². The van der Waals surface area contributed by atoms with Gasteiger partial charge in [-0.1, -0.05) is 0 Å². The molecule has 0 amide bonds. The standard InChI is InChI=1S/C17H20ClN5O/c1-12-16(11-22(2)20-12)17-7-8-23(21-17)14-5-3-13(4-6-14)19-10-15(24)9-18/h3-8,11,15,19,24H,9-10H2,1-2H3. The Morgan fingerprint density at radius 1 is 1.21 bits per heavy atom. The molecular weight excluding hydrogens is 326 g/mol. The van der Waals surface area contributed by atoms with Crippen molar-refractivity contribution in [3.8, 4) is 16.9 Å². The van der Waals surface area contributed by atoms with E-state index in [2.05, 4.69) is 15.5 Å². The summed E-state index contributed by atoms with van der Waals surface area (Å²) in [7, 11) is 1.90. The molecule has 0 saturated heterocycles. The second-order valence-electron chi connectivity index (χ2n) is 5.68. The highest BCUT2D eigenvalue weighted by Gasteiger charge is 2.10. The second-order valence-corrected chi connectivity index (χ2v) is 5.99. The van der Waals surface area contributed by atoms with Gasteiger partial charge in [0.1, 0.15) is 0 Å². The highest BCUT2D eigenvalue weighted by atomic mass is 35.5. The number of rotatable bonds is 6. The SMILES string of the molecule is Cc1nn(C)cc1-c1ccn(-c2ccc(NCC(O)CCl)cc2)n1. The third-order valence-electron chi connectivity index (χ3n) is 3.73. The first-order valence-electron chi connectivity index (χ1n) is 7.71. The van der Waals surface area contributed by atoms with E-state index in [1.54, 1.807) is 4.68 Å². The van der Waals surface area contributed by atoms with Crippen molar-refractivity contribution in [1.82, 2.24) is 19.6 Å². The fraction of sp³-hybridized carbons (Fsp3) is 0.294. The van der Waals surface area contributed by atoms with Crippen molar-refractivity contribution < 1.29 is 5.11 Å². The monoisotopic (exact) mass is 345 g/mol. The van der Waals surface area contributed by atoms with Crippen LogP contribution in [0.25, 0.3) is 16.9 Å². The molecule has 0 saturated carbocycles. The number of hydrogen-bond donors (Lipinski definition) is 2. The summed E-state index contributed by atoms with van der Waals surface area (Å²) in [5.41, 5.74) is 4.78. The van der Waals surface area contributed by atoms with Crippen molar-refractivity contribution in [3.05, 3.63) is 48.4 Å². The van der Waals surface area contributed by atoms with Crippen LogP contribution in [-0.4, -0.2) is 43.2 Å². The predicted octanol–water partition coefficient (Wildman–Crippen LogP) is 2.59. The van der Waals surface area contributed by atoms with Crippen molar-refractivity contribution in [1.29, 1.82) is 0 Å². The molecule has 6 nitrogen and oxygen atoms in total. The maximum atomic E-state index is 9.47. The van der Waals surface area contributed by atoms with Gasteiger partial charge in [0, 0.05) is 37.2 Å². The van der Waals surface area contributed by atoms with E-state index in [1.165, 1.54) is 0 Å². The molecule has 0 aliphatic carbocycles. The zero-order valence-corrected chi connectivity index (χ0v) is 14.4. The molecule has 3 aromatic rings. The summed E-state index contributed by atoms with van der Waals surface area (Å²) in [4.78, 5) is 0. The third kappa shape index (κ3) is 3.60. The van der Waals surface area contributed by atoms with Gasteiger partial charge < -0.3 is 10.4 Å². The summed E-state index contributed by atoms with van der Waals surface area (Å²) in [6.07, 6.45) is 3.35. The molecule has 0 spiro atoms. The Hall–Kier alpha value is -2.31. The number of benzene rings is 1. The first-order valence-corrected chi connectivity index (χ1v) is 8.25. The van der Waals surface area contributed by atoms with Crippen LogP contribution < -0.4 is 5.32 Å². The lowest BCUT2D eigenvalue weighted by Crippen LogP contribution is -2.20. The second kappa shape index (κ2) is 7.07. The Labute approximate surface area is 145 Å². The molecule has 0 fully saturated rings. The minimum absolute atomic E-state index is 0.217. The molecule has 0 aliphatic rings. The van der Waals surface area contributed by atoms with E-state index in [9.17, 15) is 5.11 Å². The number of nitrogens with zero attached hydrogens (tertiary/aromatic N) is 4. The number of alkyl halides is 1. The largest absolute Gasteiger partial charge is 0.390 e. The Morgan fingerprint density at radius 3 is 2.58 bits per heavy atom. The zero-order valence-electron chi connectivity index (χ0n) is 13.6. The van der Waals surface area contributed by atoms with Crippen molar-refractivity contribution in [2.24, 2.45) is 7.05 Å². The van der Waals surface area contributed by atoms with Crippen molar-refractivity contribution in [3.63, 3.8) is 0 Å². The molecule has 2 N–H and O–H groups in total. The number of nitrogens with one attached hydrogen (secondary N) is 1. The molecule has 7 heteroatoms. The number of hydrogen-bond acceptors (Lipinski definition) is 4. The quantitative estimate of drug-likeness (QED) is 0.674. The van der Waals surface area contributed by atoms with Gasteiger partial charge in [0.05, 0.1) is 29.1 Å². The molecule has 1 atom stereocenters. The smallest absolute Gasteiger partial charge is 0.0961 e. The molecular formula is C17H20ClN5O. The van der Waals surface area contributed by atoms with E-state index in [0.717, 1.165) is 28.3 Å². The van der Waals surface area contributed by atoms with Crippen molar-refractivity contribution >= 4 is 17.3 Å². The van der Waals surface area contributed by atoms with Crippen LogP contribution in [0.5, 0.6) is 0 Å². The van der Waals surface area contributed by atoms with E-state index in [1.807, 2.05) is 61.4 Å². The topological polar surface area (TPSA) is 67.9 Å². The lowest BCUT2D eigenvalue weighted by Gasteiger charge is -2.10. The van der Waals surface area contributed by atoms with Crippen molar-refractivity contribution in [2.45, 2.75) is 13.0 Å². The number of aliphatic hydroxyl groups excluding tert-OH is 1. The molecule has 1 aromatic carbocycles. The molecule has 0 aliphatic heterocycles. The summed E-state index contributed by atoms with van der Waals surface area (Å²) in [5.74, 6) is 0.217. The van der Waals surface area contributed by atoms with Gasteiger partial charge >= 0.3 is 0 Å². The van der Waals surface area contributed by atoms with Crippen LogP contribution in [-0.2, 0) is 7.05 Å². The third-order valence-corrected chi connectivity index (χ3v) is 4.09. The maximum Gasteiger partial charge on any atom is 0.0961 e. The van der Waals surface area contributed by atoms with Gasteiger partial charge in [-0.25, -0.2) is 4.68 Å². The lowest BCUT2D eigenvalue weighted by molar-refractivity contribution is 0.211. The Morgan fingerprint density at radius 2 is 1.96 bits per heavy atom. The summed E-state index contributed by atoms with van der Waals surface area (Å²) in [6, 6.07) is 9.83. The van der Waals surface area contributed by atoms with Crippen LogP contribution in [0.2, 0.25) is 0 Å². The Bertz CT molecular complexity index is 809. The number of anilines is 1. The van der Waals surface area contributed by atoms with Gasteiger partial charge in [0.15, 0.2) is 0 Å². The van der Waals surface area contributed by atoms with Crippen LogP contribution in [0.3, 0.4) is 0 Å². The number of halogens is 1. The van der Waals surface area contributed by atoms with E-state index in [0.29, 0.717) is 6.54 Å². The summed E-state index contributed by atoms with van der Waals surface area (Å²) in [6.45, 7) is 2.40. The predicted molar refractivity (Wildman–Crippen MR) is 95.7 cm³/mol. The number of aliphatic hydroxyl groups is 1. The molecule has 126 valence electrons. The van der Waals surface area contributed by atoms with Crippen LogP contribution in [0.4, 0.5) is 5.69 Å². The van der Waals surface area contributed by atoms with E-state index in [4.69, 9.17) is 11.6 Å². The fourth-order valence-electron chi connectivity index (χ4n) is 2.48. The maximum absolute atomic E-state index is 9.47. The average molecular weight is 346 g/mol. The minimum atomic E-state index is -0.553. The van der Waals surface area contributed by atoms with Gasteiger partial charge in [-0.2, -0.15) is 10.2 Å². The van der Waals surface area contributed by atoms with Gasteiger partial charge in [0.25, 0.3) is 0 Å². The highest BCUT2D eigenvalue weighted by molar-refractivity contribution is 6.18. The molecule has 3 rings (SSSR count). The number of aromatic nitrogens is 4. The van der Waals surface area contributed by atoms with E-state index in [-0.39, 0.29) is 5.88 Å². The van der Waals surface area contributed by atoms with Crippen LogP contribution in [0, 0.1) is 6.92 Å². The molecule has 0 bridgehead atoms. The van der Waals surface area contributed by atoms with Crippen LogP contribution in [0.15, 0.2) is 42.7 Å². The molecule has 0 radical (unpaired) electrons. The molecule has 1 unspecified atom stereocenters. The first-order chi connectivity index (χ1) is 11.6. The minimum Gasteiger partial charge on any atom is -0.390 e. The number of aryl methyl sites for hydroxylation is 2. The van der Waals surface area contributed by atoms with Crippen LogP contribution >= 0.6 is 11.6 Å². The Kier molecular flexibility index (Phi) is 4.87. The summed E-state index contributed by atoms with van der Waals surface area (Å²) in [5, 5.41) is 21.6. The van der Waals surface area contributed by atoms with Crippen LogP contribution in [0.1, 0.15) is 5.69 Å². The van der Waals surface area contributed by atoms with E-state index < -0.39 is 6.10 Å². The summed E-state index contributed by atoms with van der Waals surface area (Å²) >= 11 is 5.58. The normalized spacial score (nSPS) is 12.3. The summed E-state index contributed by atoms with van der Waals surface area (Å²) < 4.78 is 3.62. The molecule has 2 heterocycles. The average Bonchev–Trinajstić information content (AvgIpc) is 3.19. The first kappa shape index (κ1) is 16.5. The highest BCUT2D eigenvalue weighted by Crippen LogP contribution is 2.21. The zero-order chi connectivity index (χ0) is 17.1. The van der Waals surface area contributed by atoms with Gasteiger partial charge in [0.2, 0.25) is 0 Å². The van der Waals surface area contributed by atoms with Gasteiger partial charge in [-0.05, 0) is 37.3 Å². The fourth-order valence-corrected chi connectivity index (χ4v) is 2.59. The lowest BCUT2D eigenvalue weighted by atomic mass is 10.2. The van der Waals surface area contributed by atoms with Gasteiger partial charge in [-0.3, -0.25) is 4.68 Å². The van der Waals surface area contributed by atoms with Crippen molar-refractivity contribution in [2.75, 3.05) is 17.7 Å². The van der Waals surface area contributed by atoms with Gasteiger partial charge in [-0.15, -0.1) is 11.6 Å². The molecule has 2 aromatic heterocycles. The Balaban J connectivity index is 1.74. The molecule has 24 heavy (non-hydrogen) atoms.